The van der Waals surface area contributed by atoms with Crippen LogP contribution in [0.5, 0.6) is 5.75 Å². The molecule has 0 aliphatic carbocycles. The number of esters is 1. The highest BCUT2D eigenvalue weighted by Gasteiger charge is 2.19. The number of hydrogen-bond donors (Lipinski definition) is 1. The van der Waals surface area contributed by atoms with Crippen LogP contribution in [-0.4, -0.2) is 30.6 Å². The van der Waals surface area contributed by atoms with Gasteiger partial charge in [0.25, 0.3) is 5.91 Å². The quantitative estimate of drug-likeness (QED) is 0.584. The third-order valence-electron chi connectivity index (χ3n) is 4.00. The van der Waals surface area contributed by atoms with E-state index in [4.69, 9.17) is 9.47 Å². The van der Waals surface area contributed by atoms with Gasteiger partial charge in [0.05, 0.1) is 18.8 Å². The molecule has 0 fully saturated rings. The molecule has 0 aliphatic heterocycles. The number of rotatable bonds is 7. The number of aryl methyl sites for hydroxylation is 1. The van der Waals surface area contributed by atoms with Crippen molar-refractivity contribution in [3.05, 3.63) is 57.2 Å². The number of aromatic nitrogens is 1. The zero-order valence-electron chi connectivity index (χ0n) is 15.7. The normalized spacial score (nSPS) is 11.7. The van der Waals surface area contributed by atoms with Gasteiger partial charge in [0, 0.05) is 10.4 Å². The fraction of sp³-hybridized carbons (Fsp3) is 0.250. The number of amides is 1. The number of hydrogen-bond acceptors (Lipinski definition) is 7. The first kappa shape index (κ1) is 20.0. The zero-order valence-corrected chi connectivity index (χ0v) is 17.4. The number of thiophene rings is 1. The lowest BCUT2D eigenvalue weighted by molar-refractivity contribution is -0.124. The molecule has 146 valence electrons. The number of ether oxygens (including phenoxy) is 2. The zero-order chi connectivity index (χ0) is 20.1. The fourth-order valence-electron chi connectivity index (χ4n) is 2.53. The van der Waals surface area contributed by atoms with E-state index in [9.17, 15) is 9.59 Å². The monoisotopic (exact) mass is 416 g/mol. The standard InChI is InChI=1S/C20H20N2O4S2/c1-12(16-5-4-10-27-16)21-17(23)11-26-20(24)18-13(2)22-19(28-18)14-6-8-15(25-3)9-7-14/h4-10,12H,11H2,1-3H3,(H,21,23)/t12-/m0/s1. The molecule has 3 aromatic rings. The Hall–Kier alpha value is -2.71. The van der Waals surface area contributed by atoms with Crippen LogP contribution < -0.4 is 10.1 Å². The summed E-state index contributed by atoms with van der Waals surface area (Å²) >= 11 is 2.80. The maximum atomic E-state index is 12.4. The Labute approximate surface area is 171 Å². The topological polar surface area (TPSA) is 77.5 Å². The van der Waals surface area contributed by atoms with Crippen LogP contribution >= 0.6 is 22.7 Å². The van der Waals surface area contributed by atoms with Crippen molar-refractivity contribution >= 4 is 34.6 Å². The van der Waals surface area contributed by atoms with Gasteiger partial charge >= 0.3 is 5.97 Å². The van der Waals surface area contributed by atoms with Crippen molar-refractivity contribution < 1.29 is 19.1 Å². The van der Waals surface area contributed by atoms with Crippen LogP contribution in [0.15, 0.2) is 41.8 Å². The Balaban J connectivity index is 1.59. The summed E-state index contributed by atoms with van der Waals surface area (Å²) in [6, 6.07) is 11.2. The molecule has 6 nitrogen and oxygen atoms in total. The van der Waals surface area contributed by atoms with Crippen LogP contribution in [0.4, 0.5) is 0 Å². The molecule has 1 N–H and O–H groups in total. The first-order valence-corrected chi connectivity index (χ1v) is 10.3. The molecule has 28 heavy (non-hydrogen) atoms. The van der Waals surface area contributed by atoms with E-state index in [0.29, 0.717) is 15.6 Å². The maximum Gasteiger partial charge on any atom is 0.350 e. The third kappa shape index (κ3) is 4.76. The van der Waals surface area contributed by atoms with E-state index < -0.39 is 5.97 Å². The molecule has 2 aromatic heterocycles. The SMILES string of the molecule is COc1ccc(-c2nc(C)c(C(=O)OCC(=O)N[C@@H](C)c3cccs3)s2)cc1. The van der Waals surface area contributed by atoms with E-state index in [1.54, 1.807) is 25.4 Å². The Bertz CT molecular complexity index is 949. The summed E-state index contributed by atoms with van der Waals surface area (Å²) in [5, 5.41) is 5.48. The first-order chi connectivity index (χ1) is 13.5. The fourth-order valence-corrected chi connectivity index (χ4v) is 4.23. The van der Waals surface area contributed by atoms with E-state index >= 15 is 0 Å². The second-order valence-electron chi connectivity index (χ2n) is 6.04. The average Bonchev–Trinajstić information content (AvgIpc) is 3.36. The van der Waals surface area contributed by atoms with Crippen molar-refractivity contribution in [3.63, 3.8) is 0 Å². The number of carbonyl (C=O) groups is 2. The molecule has 1 amide bonds. The first-order valence-electron chi connectivity index (χ1n) is 8.59. The lowest BCUT2D eigenvalue weighted by atomic mass is 10.2. The van der Waals surface area contributed by atoms with Crippen LogP contribution in [-0.2, 0) is 9.53 Å². The van der Waals surface area contributed by atoms with Gasteiger partial charge in [0.15, 0.2) is 6.61 Å². The molecule has 0 aliphatic rings. The molecule has 0 unspecified atom stereocenters. The molecule has 8 heteroatoms. The molecule has 2 heterocycles. The Kier molecular flexibility index (Phi) is 6.43. The second kappa shape index (κ2) is 8.99. The van der Waals surface area contributed by atoms with Crippen LogP contribution in [0.3, 0.4) is 0 Å². The molecular weight excluding hydrogens is 396 g/mol. The Morgan fingerprint density at radius 1 is 1.21 bits per heavy atom. The molecule has 3 rings (SSSR count). The average molecular weight is 417 g/mol. The van der Waals surface area contributed by atoms with Gasteiger partial charge in [-0.1, -0.05) is 6.07 Å². The number of methoxy groups -OCH3 is 1. The van der Waals surface area contributed by atoms with Gasteiger partial charge in [0.1, 0.15) is 15.6 Å². The summed E-state index contributed by atoms with van der Waals surface area (Å²) in [6.07, 6.45) is 0. The Morgan fingerprint density at radius 3 is 2.61 bits per heavy atom. The smallest absolute Gasteiger partial charge is 0.350 e. The second-order valence-corrected chi connectivity index (χ2v) is 8.02. The van der Waals surface area contributed by atoms with Crippen LogP contribution in [0.2, 0.25) is 0 Å². The summed E-state index contributed by atoms with van der Waals surface area (Å²) in [6.45, 7) is 3.31. The predicted molar refractivity (Wildman–Crippen MR) is 110 cm³/mol. The number of benzene rings is 1. The molecule has 0 bridgehead atoms. The third-order valence-corrected chi connectivity index (χ3v) is 6.24. The molecule has 0 saturated carbocycles. The van der Waals surface area contributed by atoms with Gasteiger partial charge in [-0.05, 0) is 49.6 Å². The highest BCUT2D eigenvalue weighted by atomic mass is 32.1. The van der Waals surface area contributed by atoms with Crippen LogP contribution in [0.1, 0.15) is 33.2 Å². The van der Waals surface area contributed by atoms with Gasteiger partial charge < -0.3 is 14.8 Å². The van der Waals surface area contributed by atoms with E-state index in [-0.39, 0.29) is 18.6 Å². The van der Waals surface area contributed by atoms with Gasteiger partial charge in [-0.25, -0.2) is 9.78 Å². The lowest BCUT2D eigenvalue weighted by Crippen LogP contribution is -2.30. The number of nitrogens with zero attached hydrogens (tertiary/aromatic N) is 1. The predicted octanol–water partition coefficient (Wildman–Crippen LogP) is 4.22. The highest BCUT2D eigenvalue weighted by Crippen LogP contribution is 2.29. The van der Waals surface area contributed by atoms with E-state index in [0.717, 1.165) is 16.2 Å². The maximum absolute atomic E-state index is 12.4. The minimum atomic E-state index is -0.548. The number of nitrogens with one attached hydrogen (secondary N) is 1. The minimum Gasteiger partial charge on any atom is -0.497 e. The Morgan fingerprint density at radius 2 is 1.96 bits per heavy atom. The van der Waals surface area contributed by atoms with Crippen molar-refractivity contribution in [2.24, 2.45) is 0 Å². The van der Waals surface area contributed by atoms with Crippen LogP contribution in [0, 0.1) is 6.92 Å². The lowest BCUT2D eigenvalue weighted by Gasteiger charge is -2.12. The van der Waals surface area contributed by atoms with Gasteiger partial charge in [-0.3, -0.25) is 4.79 Å². The summed E-state index contributed by atoms with van der Waals surface area (Å²) < 4.78 is 10.3. The van der Waals surface area contributed by atoms with E-state index in [1.807, 2.05) is 48.7 Å². The van der Waals surface area contributed by atoms with Crippen molar-refractivity contribution in [1.29, 1.82) is 0 Å². The van der Waals surface area contributed by atoms with Crippen LogP contribution in [0.25, 0.3) is 10.6 Å². The van der Waals surface area contributed by atoms with Crippen molar-refractivity contribution in [3.8, 4) is 16.3 Å². The molecule has 1 atom stereocenters. The highest BCUT2D eigenvalue weighted by molar-refractivity contribution is 7.17. The van der Waals surface area contributed by atoms with E-state index in [1.165, 1.54) is 11.3 Å². The molecule has 1 aromatic carbocycles. The summed E-state index contributed by atoms with van der Waals surface area (Å²) in [7, 11) is 1.61. The molecule has 0 spiro atoms. The molecular formula is C20H20N2O4S2. The van der Waals surface area contributed by atoms with Gasteiger partial charge in [-0.2, -0.15) is 0 Å². The summed E-state index contributed by atoms with van der Waals surface area (Å²) in [5.74, 6) is -0.139. The van der Waals surface area contributed by atoms with Crippen molar-refractivity contribution in [2.45, 2.75) is 19.9 Å². The van der Waals surface area contributed by atoms with E-state index in [2.05, 4.69) is 10.3 Å². The number of thiazole rings is 1. The minimum absolute atomic E-state index is 0.127. The van der Waals surface area contributed by atoms with Gasteiger partial charge in [-0.15, -0.1) is 22.7 Å². The van der Waals surface area contributed by atoms with Gasteiger partial charge in [0.2, 0.25) is 0 Å². The summed E-state index contributed by atoms with van der Waals surface area (Å²) in [5.41, 5.74) is 1.46. The number of carbonyl (C=O) groups excluding carboxylic acids is 2. The van der Waals surface area contributed by atoms with Crippen molar-refractivity contribution in [2.75, 3.05) is 13.7 Å². The largest absolute Gasteiger partial charge is 0.497 e. The molecule has 0 radical (unpaired) electrons. The van der Waals surface area contributed by atoms with Crippen molar-refractivity contribution in [1.82, 2.24) is 10.3 Å². The molecule has 0 saturated heterocycles. The summed E-state index contributed by atoms with van der Waals surface area (Å²) in [4.78, 5) is 30.3.